The van der Waals surface area contributed by atoms with Gasteiger partial charge in [0.15, 0.2) is 0 Å². The van der Waals surface area contributed by atoms with Crippen LogP contribution in [0.4, 0.5) is 4.79 Å². The number of aromatic nitrogens is 1. The summed E-state index contributed by atoms with van der Waals surface area (Å²) in [6.07, 6.45) is 1.62. The molecule has 0 saturated carbocycles. The maximum atomic E-state index is 11.5. The highest BCUT2D eigenvalue weighted by Gasteiger charge is 2.11. The molecule has 3 amide bonds. The molecule has 1 unspecified atom stereocenters. The molecule has 0 aromatic carbocycles. The predicted octanol–water partition coefficient (Wildman–Crippen LogP) is -0.357. The Bertz CT molecular complexity index is 478. The van der Waals surface area contributed by atoms with E-state index in [0.717, 1.165) is 0 Å². The summed E-state index contributed by atoms with van der Waals surface area (Å²) in [5, 5.41) is 15.4. The third-order valence-electron chi connectivity index (χ3n) is 2.33. The second kappa shape index (κ2) is 7.72. The average Bonchev–Trinajstić information content (AvgIpc) is 2.43. The first kappa shape index (κ1) is 15.4. The average molecular weight is 280 g/mol. The number of carboxylic acid groups (broad SMARTS) is 1. The number of hydrogen-bond donors (Lipinski definition) is 4. The molecule has 8 heteroatoms. The topological polar surface area (TPSA) is 120 Å². The molecule has 0 aliphatic rings. The molecule has 1 rings (SSSR count). The van der Waals surface area contributed by atoms with Crippen molar-refractivity contribution in [2.24, 2.45) is 0 Å². The van der Waals surface area contributed by atoms with Crippen molar-refractivity contribution in [3.63, 3.8) is 0 Å². The zero-order valence-corrected chi connectivity index (χ0v) is 10.9. The fourth-order valence-corrected chi connectivity index (χ4v) is 1.35. The van der Waals surface area contributed by atoms with Crippen LogP contribution in [-0.4, -0.2) is 41.1 Å². The number of carbonyl (C=O) groups excluding carboxylic acids is 2. The Labute approximate surface area is 115 Å². The Morgan fingerprint density at radius 2 is 2.00 bits per heavy atom. The van der Waals surface area contributed by atoms with Gasteiger partial charge in [0.2, 0.25) is 5.91 Å². The van der Waals surface area contributed by atoms with E-state index in [9.17, 15) is 14.4 Å². The van der Waals surface area contributed by atoms with Crippen molar-refractivity contribution in [1.29, 1.82) is 0 Å². The van der Waals surface area contributed by atoms with Gasteiger partial charge in [-0.25, -0.2) is 4.79 Å². The second-order valence-corrected chi connectivity index (χ2v) is 3.97. The van der Waals surface area contributed by atoms with Gasteiger partial charge in [-0.05, 0) is 19.1 Å². The fourth-order valence-electron chi connectivity index (χ4n) is 1.35. The van der Waals surface area contributed by atoms with Crippen LogP contribution in [0.1, 0.15) is 18.7 Å². The molecule has 0 aliphatic carbocycles. The number of pyridine rings is 1. The van der Waals surface area contributed by atoms with Crippen LogP contribution in [0.3, 0.4) is 0 Å². The molecule has 4 N–H and O–H groups in total. The van der Waals surface area contributed by atoms with Gasteiger partial charge in [-0.15, -0.1) is 0 Å². The number of rotatable bonds is 6. The van der Waals surface area contributed by atoms with Gasteiger partial charge in [-0.1, -0.05) is 6.07 Å². The van der Waals surface area contributed by atoms with Gasteiger partial charge < -0.3 is 21.1 Å². The second-order valence-electron chi connectivity index (χ2n) is 3.97. The maximum Gasteiger partial charge on any atom is 0.322 e. The molecule has 108 valence electrons. The van der Waals surface area contributed by atoms with Gasteiger partial charge in [0, 0.05) is 6.20 Å². The molecular weight excluding hydrogens is 264 g/mol. The molecule has 0 radical (unpaired) electrons. The predicted molar refractivity (Wildman–Crippen MR) is 69.8 cm³/mol. The largest absolute Gasteiger partial charge is 0.480 e. The lowest BCUT2D eigenvalue weighted by atomic mass is 10.2. The fraction of sp³-hybridized carbons (Fsp3) is 0.333. The van der Waals surface area contributed by atoms with E-state index >= 15 is 0 Å². The molecule has 20 heavy (non-hydrogen) atoms. The normalized spacial score (nSPS) is 11.2. The molecule has 0 bridgehead atoms. The Kier molecular flexibility index (Phi) is 5.95. The van der Waals surface area contributed by atoms with Crippen LogP contribution in [0, 0.1) is 0 Å². The van der Waals surface area contributed by atoms with Crippen LogP contribution in [-0.2, 0) is 9.59 Å². The molecule has 0 saturated heterocycles. The monoisotopic (exact) mass is 280 g/mol. The quantitative estimate of drug-likeness (QED) is 0.567. The minimum Gasteiger partial charge on any atom is -0.480 e. The summed E-state index contributed by atoms with van der Waals surface area (Å²) in [7, 11) is 0. The van der Waals surface area contributed by atoms with Gasteiger partial charge in [0.05, 0.1) is 18.3 Å². The van der Waals surface area contributed by atoms with Crippen LogP contribution in [0.25, 0.3) is 0 Å². The number of urea groups is 1. The molecular formula is C12H16N4O4. The summed E-state index contributed by atoms with van der Waals surface area (Å²) >= 11 is 0. The number of hydrogen-bond acceptors (Lipinski definition) is 4. The van der Waals surface area contributed by atoms with Crippen molar-refractivity contribution in [1.82, 2.24) is 20.9 Å². The van der Waals surface area contributed by atoms with E-state index in [2.05, 4.69) is 20.9 Å². The molecule has 8 nitrogen and oxygen atoms in total. The first-order valence-electron chi connectivity index (χ1n) is 5.93. The number of aliphatic carboxylic acids is 1. The molecule has 1 heterocycles. The SMILES string of the molecule is CC(NC(=O)NCC(=O)NCC(=O)O)c1ccccn1. The van der Waals surface area contributed by atoms with Gasteiger partial charge in [-0.2, -0.15) is 0 Å². The van der Waals surface area contributed by atoms with Crippen molar-refractivity contribution in [2.75, 3.05) is 13.1 Å². The standard InChI is InChI=1S/C12H16N4O4/c1-8(9-4-2-3-5-13-9)16-12(20)15-6-10(17)14-7-11(18)19/h2-5,8H,6-7H2,1H3,(H,14,17)(H,18,19)(H2,15,16,20). The first-order chi connectivity index (χ1) is 9.49. The van der Waals surface area contributed by atoms with E-state index in [4.69, 9.17) is 5.11 Å². The van der Waals surface area contributed by atoms with Crippen LogP contribution in [0.2, 0.25) is 0 Å². The van der Waals surface area contributed by atoms with E-state index in [1.807, 2.05) is 0 Å². The van der Waals surface area contributed by atoms with Crippen LogP contribution >= 0.6 is 0 Å². The van der Waals surface area contributed by atoms with Gasteiger partial charge >= 0.3 is 12.0 Å². The van der Waals surface area contributed by atoms with Crippen molar-refractivity contribution in [3.8, 4) is 0 Å². The Balaban J connectivity index is 2.30. The number of carbonyl (C=O) groups is 3. The third-order valence-corrected chi connectivity index (χ3v) is 2.33. The highest BCUT2D eigenvalue weighted by Crippen LogP contribution is 2.06. The molecule has 0 aliphatic heterocycles. The third kappa shape index (κ3) is 5.80. The van der Waals surface area contributed by atoms with Crippen molar-refractivity contribution in [3.05, 3.63) is 30.1 Å². The minimum atomic E-state index is -1.15. The van der Waals surface area contributed by atoms with Crippen molar-refractivity contribution >= 4 is 17.9 Å². The van der Waals surface area contributed by atoms with Crippen LogP contribution in [0.15, 0.2) is 24.4 Å². The highest BCUT2D eigenvalue weighted by molar-refractivity contribution is 5.86. The van der Waals surface area contributed by atoms with E-state index < -0.39 is 24.5 Å². The maximum absolute atomic E-state index is 11.5. The summed E-state index contributed by atoms with van der Waals surface area (Å²) in [5.74, 6) is -1.72. The molecule has 1 atom stereocenters. The smallest absolute Gasteiger partial charge is 0.322 e. The number of nitrogens with zero attached hydrogens (tertiary/aromatic N) is 1. The van der Waals surface area contributed by atoms with Crippen molar-refractivity contribution in [2.45, 2.75) is 13.0 Å². The lowest BCUT2D eigenvalue weighted by Gasteiger charge is -2.13. The molecule has 0 fully saturated rings. The number of nitrogens with one attached hydrogen (secondary N) is 3. The first-order valence-corrected chi connectivity index (χ1v) is 5.93. The summed E-state index contributed by atoms with van der Waals surface area (Å²) in [6.45, 7) is 0.979. The molecule has 0 spiro atoms. The lowest BCUT2D eigenvalue weighted by molar-refractivity contribution is -0.137. The lowest BCUT2D eigenvalue weighted by Crippen LogP contribution is -2.43. The molecule has 1 aromatic rings. The van der Waals surface area contributed by atoms with Crippen LogP contribution < -0.4 is 16.0 Å². The van der Waals surface area contributed by atoms with E-state index in [1.54, 1.807) is 31.3 Å². The van der Waals surface area contributed by atoms with E-state index in [-0.39, 0.29) is 12.6 Å². The highest BCUT2D eigenvalue weighted by atomic mass is 16.4. The zero-order chi connectivity index (χ0) is 15.0. The van der Waals surface area contributed by atoms with E-state index in [0.29, 0.717) is 5.69 Å². The van der Waals surface area contributed by atoms with Gasteiger partial charge in [0.1, 0.15) is 6.54 Å². The summed E-state index contributed by atoms with van der Waals surface area (Å²) in [5.41, 5.74) is 0.693. The van der Waals surface area contributed by atoms with Gasteiger partial charge in [-0.3, -0.25) is 14.6 Å². The van der Waals surface area contributed by atoms with E-state index in [1.165, 1.54) is 0 Å². The van der Waals surface area contributed by atoms with Gasteiger partial charge in [0.25, 0.3) is 0 Å². The Morgan fingerprint density at radius 3 is 2.60 bits per heavy atom. The number of amides is 3. The van der Waals surface area contributed by atoms with Crippen molar-refractivity contribution < 1.29 is 19.5 Å². The number of carboxylic acids is 1. The summed E-state index contributed by atoms with van der Waals surface area (Å²) in [6, 6.07) is 4.50. The summed E-state index contributed by atoms with van der Waals surface area (Å²) < 4.78 is 0. The Morgan fingerprint density at radius 1 is 1.25 bits per heavy atom. The Hall–Kier alpha value is -2.64. The van der Waals surface area contributed by atoms with Crippen LogP contribution in [0.5, 0.6) is 0 Å². The minimum absolute atomic E-state index is 0.298. The summed E-state index contributed by atoms with van der Waals surface area (Å²) in [4.78, 5) is 37.0. The molecule has 1 aromatic heterocycles. The zero-order valence-electron chi connectivity index (χ0n) is 10.9.